The lowest BCUT2D eigenvalue weighted by Gasteiger charge is -2.13. The first-order valence-electron chi connectivity index (χ1n) is 8.50. The molecule has 6 heteroatoms. The van der Waals surface area contributed by atoms with E-state index in [0.717, 1.165) is 28.3 Å². The zero-order valence-electron chi connectivity index (χ0n) is 15.5. The third-order valence-corrected chi connectivity index (χ3v) is 4.60. The molecule has 2 aromatic carbocycles. The molecule has 0 aliphatic carbocycles. The average molecular weight is 381 g/mol. The van der Waals surface area contributed by atoms with E-state index in [-0.39, 0.29) is 5.91 Å². The molecule has 5 nitrogen and oxygen atoms in total. The molecular formula is C21H21ClN4O. The van der Waals surface area contributed by atoms with Crippen molar-refractivity contribution in [2.24, 2.45) is 0 Å². The molecule has 1 heterocycles. The Kier molecular flexibility index (Phi) is 5.62. The van der Waals surface area contributed by atoms with E-state index >= 15 is 0 Å². The minimum atomic E-state index is -0.216. The molecule has 1 amide bonds. The van der Waals surface area contributed by atoms with Gasteiger partial charge >= 0.3 is 0 Å². The molecule has 0 unspecified atom stereocenters. The Morgan fingerprint density at radius 1 is 1.04 bits per heavy atom. The summed E-state index contributed by atoms with van der Waals surface area (Å²) in [6.45, 7) is 1.94. The van der Waals surface area contributed by atoms with Gasteiger partial charge in [-0.05, 0) is 55.0 Å². The molecule has 1 aromatic heterocycles. The molecule has 3 rings (SSSR count). The number of carbonyl (C=O) groups excluding carboxylic acids is 1. The number of aromatic nitrogens is 1. The Bertz CT molecular complexity index is 955. The number of amides is 1. The van der Waals surface area contributed by atoms with Gasteiger partial charge in [-0.2, -0.15) is 0 Å². The van der Waals surface area contributed by atoms with Crippen molar-refractivity contribution in [1.82, 2.24) is 4.98 Å². The summed E-state index contributed by atoms with van der Waals surface area (Å²) in [4.78, 5) is 18.7. The first-order valence-corrected chi connectivity index (χ1v) is 8.88. The number of halogens is 1. The molecule has 0 bridgehead atoms. The van der Waals surface area contributed by atoms with E-state index in [1.165, 1.54) is 0 Å². The second kappa shape index (κ2) is 8.10. The molecule has 0 atom stereocenters. The molecule has 27 heavy (non-hydrogen) atoms. The third kappa shape index (κ3) is 4.57. The monoisotopic (exact) mass is 380 g/mol. The van der Waals surface area contributed by atoms with Gasteiger partial charge in [0.05, 0.1) is 17.4 Å². The van der Waals surface area contributed by atoms with Gasteiger partial charge in [-0.15, -0.1) is 0 Å². The number of carbonyl (C=O) groups is 1. The normalized spacial score (nSPS) is 10.4. The van der Waals surface area contributed by atoms with E-state index in [9.17, 15) is 4.79 Å². The summed E-state index contributed by atoms with van der Waals surface area (Å²) >= 11 is 6.16. The van der Waals surface area contributed by atoms with E-state index in [1.807, 2.05) is 68.4 Å². The fraction of sp³-hybridized carbons (Fsp3) is 0.143. The molecule has 0 aliphatic heterocycles. The molecule has 0 fully saturated rings. The van der Waals surface area contributed by atoms with Crippen molar-refractivity contribution in [2.45, 2.75) is 6.92 Å². The summed E-state index contributed by atoms with van der Waals surface area (Å²) in [6, 6.07) is 15.1. The molecule has 0 saturated heterocycles. The van der Waals surface area contributed by atoms with E-state index in [2.05, 4.69) is 15.6 Å². The Labute approximate surface area is 164 Å². The summed E-state index contributed by atoms with van der Waals surface area (Å²) in [7, 11) is 3.94. The average Bonchev–Trinajstić information content (AvgIpc) is 2.66. The van der Waals surface area contributed by atoms with Gasteiger partial charge < -0.3 is 15.5 Å². The number of benzene rings is 2. The molecular weight excluding hydrogens is 360 g/mol. The minimum Gasteiger partial charge on any atom is -0.378 e. The van der Waals surface area contributed by atoms with Crippen molar-refractivity contribution in [3.8, 4) is 0 Å². The molecule has 3 aromatic rings. The first kappa shape index (κ1) is 18.7. The quantitative estimate of drug-likeness (QED) is 0.646. The molecule has 138 valence electrons. The molecule has 0 spiro atoms. The number of hydrogen-bond donors (Lipinski definition) is 2. The van der Waals surface area contributed by atoms with Crippen LogP contribution in [0, 0.1) is 6.92 Å². The Hall–Kier alpha value is -3.05. The maximum absolute atomic E-state index is 12.5. The maximum atomic E-state index is 12.5. The zero-order chi connectivity index (χ0) is 19.4. The summed E-state index contributed by atoms with van der Waals surface area (Å²) in [5, 5.41) is 6.83. The predicted octanol–water partition coefficient (Wildman–Crippen LogP) is 5.11. The maximum Gasteiger partial charge on any atom is 0.257 e. The Balaban J connectivity index is 1.74. The van der Waals surface area contributed by atoms with Crippen LogP contribution in [0.5, 0.6) is 0 Å². The van der Waals surface area contributed by atoms with Gasteiger partial charge in [0.2, 0.25) is 0 Å². The van der Waals surface area contributed by atoms with Crippen molar-refractivity contribution >= 4 is 40.3 Å². The molecule has 0 saturated carbocycles. The predicted molar refractivity (Wildman–Crippen MR) is 112 cm³/mol. The Morgan fingerprint density at radius 2 is 1.78 bits per heavy atom. The van der Waals surface area contributed by atoms with Crippen molar-refractivity contribution < 1.29 is 4.79 Å². The highest BCUT2D eigenvalue weighted by atomic mass is 35.5. The van der Waals surface area contributed by atoms with Crippen LogP contribution in [0.1, 0.15) is 15.9 Å². The topological polar surface area (TPSA) is 57.3 Å². The molecule has 0 aliphatic rings. The molecule has 2 N–H and O–H groups in total. The van der Waals surface area contributed by atoms with Crippen LogP contribution in [0.2, 0.25) is 5.02 Å². The van der Waals surface area contributed by atoms with Crippen LogP contribution in [0.25, 0.3) is 0 Å². The van der Waals surface area contributed by atoms with Gasteiger partial charge in [0, 0.05) is 42.4 Å². The van der Waals surface area contributed by atoms with E-state index in [4.69, 9.17) is 11.6 Å². The van der Waals surface area contributed by atoms with Crippen LogP contribution < -0.4 is 15.5 Å². The smallest absolute Gasteiger partial charge is 0.257 e. The van der Waals surface area contributed by atoms with E-state index < -0.39 is 0 Å². The van der Waals surface area contributed by atoms with Gasteiger partial charge in [0.15, 0.2) is 0 Å². The highest BCUT2D eigenvalue weighted by Gasteiger charge is 2.09. The fourth-order valence-electron chi connectivity index (χ4n) is 2.58. The lowest BCUT2D eigenvalue weighted by Crippen LogP contribution is -2.13. The highest BCUT2D eigenvalue weighted by molar-refractivity contribution is 6.31. The van der Waals surface area contributed by atoms with Gasteiger partial charge in [0.1, 0.15) is 0 Å². The van der Waals surface area contributed by atoms with Crippen molar-refractivity contribution in [3.63, 3.8) is 0 Å². The van der Waals surface area contributed by atoms with Crippen LogP contribution >= 0.6 is 11.6 Å². The number of rotatable bonds is 5. The minimum absolute atomic E-state index is 0.216. The zero-order valence-corrected chi connectivity index (χ0v) is 16.2. The van der Waals surface area contributed by atoms with Gasteiger partial charge in [-0.25, -0.2) is 0 Å². The number of pyridine rings is 1. The number of nitrogens with one attached hydrogen (secondary N) is 2. The number of hydrogen-bond acceptors (Lipinski definition) is 4. The second-order valence-electron chi connectivity index (χ2n) is 6.40. The van der Waals surface area contributed by atoms with Crippen molar-refractivity contribution in [2.75, 3.05) is 29.6 Å². The lowest BCUT2D eigenvalue weighted by molar-refractivity contribution is 0.102. The summed E-state index contributed by atoms with van der Waals surface area (Å²) in [5.74, 6) is -0.216. The van der Waals surface area contributed by atoms with Gasteiger partial charge in [0.25, 0.3) is 5.91 Å². The SMILES string of the molecule is Cc1c(Cl)cccc1Nc1cncc(C(=O)Nc2ccc(N(C)C)cc2)c1. The van der Waals surface area contributed by atoms with Crippen LogP contribution in [-0.2, 0) is 0 Å². The summed E-state index contributed by atoms with van der Waals surface area (Å²) in [5.41, 5.74) is 4.80. The largest absolute Gasteiger partial charge is 0.378 e. The number of anilines is 4. The number of nitrogens with zero attached hydrogens (tertiary/aromatic N) is 2. The molecule has 0 radical (unpaired) electrons. The second-order valence-corrected chi connectivity index (χ2v) is 6.80. The lowest BCUT2D eigenvalue weighted by atomic mass is 10.2. The standard InChI is InChI=1S/C21H21ClN4O/c1-14-19(22)5-4-6-20(14)24-17-11-15(12-23-13-17)21(27)25-16-7-9-18(10-8-16)26(2)3/h4-13,24H,1-3H3,(H,25,27). The van der Waals surface area contributed by atoms with Crippen LogP contribution in [0.15, 0.2) is 60.9 Å². The highest BCUT2D eigenvalue weighted by Crippen LogP contribution is 2.26. The van der Waals surface area contributed by atoms with Crippen LogP contribution in [0.4, 0.5) is 22.7 Å². The van der Waals surface area contributed by atoms with Crippen molar-refractivity contribution in [3.05, 3.63) is 77.1 Å². The Morgan fingerprint density at radius 3 is 2.48 bits per heavy atom. The van der Waals surface area contributed by atoms with Crippen LogP contribution in [-0.4, -0.2) is 25.0 Å². The summed E-state index contributed by atoms with van der Waals surface area (Å²) < 4.78 is 0. The van der Waals surface area contributed by atoms with Crippen molar-refractivity contribution in [1.29, 1.82) is 0 Å². The van der Waals surface area contributed by atoms with E-state index in [0.29, 0.717) is 10.6 Å². The van der Waals surface area contributed by atoms with Crippen LogP contribution in [0.3, 0.4) is 0 Å². The fourth-order valence-corrected chi connectivity index (χ4v) is 2.75. The third-order valence-electron chi connectivity index (χ3n) is 4.19. The first-order chi connectivity index (χ1) is 12.9. The van der Waals surface area contributed by atoms with Gasteiger partial charge in [-0.1, -0.05) is 17.7 Å². The van der Waals surface area contributed by atoms with Gasteiger partial charge in [-0.3, -0.25) is 9.78 Å². The van der Waals surface area contributed by atoms with E-state index in [1.54, 1.807) is 18.5 Å². The summed E-state index contributed by atoms with van der Waals surface area (Å²) in [6.07, 6.45) is 3.21.